The van der Waals surface area contributed by atoms with Crippen molar-refractivity contribution in [2.75, 3.05) is 19.5 Å². The third-order valence-corrected chi connectivity index (χ3v) is 4.11. The molecule has 0 bridgehead atoms. The van der Waals surface area contributed by atoms with E-state index in [1.165, 1.54) is 18.2 Å². The second kappa shape index (κ2) is 8.13. The maximum absolute atomic E-state index is 13.1. The number of nitrogens with zero attached hydrogens (tertiary/aromatic N) is 1. The molecule has 2 rings (SSSR count). The minimum absolute atomic E-state index is 0.172. The molecular weight excluding hydrogens is 331 g/mol. The van der Waals surface area contributed by atoms with Gasteiger partial charge in [0.05, 0.1) is 23.9 Å². The smallest absolute Gasteiger partial charge is 0.241 e. The van der Waals surface area contributed by atoms with E-state index in [2.05, 4.69) is 5.32 Å². The van der Waals surface area contributed by atoms with Crippen LogP contribution in [0, 0.1) is 5.82 Å². The van der Waals surface area contributed by atoms with Crippen molar-refractivity contribution < 1.29 is 13.9 Å². The summed E-state index contributed by atoms with van der Waals surface area (Å²) >= 11 is 5.94. The van der Waals surface area contributed by atoms with Crippen LogP contribution in [0.5, 0.6) is 5.75 Å². The lowest BCUT2D eigenvalue weighted by Gasteiger charge is -2.24. The van der Waals surface area contributed by atoms with Crippen molar-refractivity contribution in [3.8, 4) is 5.75 Å². The maximum atomic E-state index is 13.1. The van der Waals surface area contributed by atoms with Gasteiger partial charge in [0.25, 0.3) is 0 Å². The Bertz CT molecular complexity index is 724. The molecule has 4 nitrogen and oxygen atoms in total. The van der Waals surface area contributed by atoms with Crippen molar-refractivity contribution in [3.63, 3.8) is 0 Å². The van der Waals surface area contributed by atoms with Crippen LogP contribution >= 0.6 is 11.6 Å². The normalized spacial score (nSPS) is 12.1. The predicted molar refractivity (Wildman–Crippen MR) is 94.0 cm³/mol. The quantitative estimate of drug-likeness (QED) is 0.857. The van der Waals surface area contributed by atoms with Gasteiger partial charge in [-0.05, 0) is 49.9 Å². The van der Waals surface area contributed by atoms with Gasteiger partial charge in [0, 0.05) is 6.54 Å². The zero-order chi connectivity index (χ0) is 17.7. The van der Waals surface area contributed by atoms with Crippen LogP contribution in [0.4, 0.5) is 10.1 Å². The average Bonchev–Trinajstić information content (AvgIpc) is 2.56. The average molecular weight is 351 g/mol. The topological polar surface area (TPSA) is 41.6 Å². The van der Waals surface area contributed by atoms with E-state index in [0.29, 0.717) is 12.2 Å². The van der Waals surface area contributed by atoms with E-state index in [0.717, 1.165) is 11.3 Å². The van der Waals surface area contributed by atoms with Crippen molar-refractivity contribution in [2.24, 2.45) is 0 Å². The molecule has 0 heterocycles. The van der Waals surface area contributed by atoms with Gasteiger partial charge < -0.3 is 10.1 Å². The van der Waals surface area contributed by atoms with E-state index in [1.54, 1.807) is 14.0 Å². The summed E-state index contributed by atoms with van der Waals surface area (Å²) in [5.41, 5.74) is 1.43. The van der Waals surface area contributed by atoms with Gasteiger partial charge in [0.1, 0.15) is 11.6 Å². The SMILES string of the molecule is COc1cccc(CN(C)[C@H](C)C(=O)Nc2ccc(F)cc2Cl)c1. The van der Waals surface area contributed by atoms with Crippen LogP contribution in [-0.2, 0) is 11.3 Å². The molecule has 0 aromatic heterocycles. The highest BCUT2D eigenvalue weighted by Gasteiger charge is 2.19. The molecule has 128 valence electrons. The lowest BCUT2D eigenvalue weighted by atomic mass is 10.1. The number of hydrogen-bond acceptors (Lipinski definition) is 3. The maximum Gasteiger partial charge on any atom is 0.241 e. The van der Waals surface area contributed by atoms with Crippen LogP contribution in [-0.4, -0.2) is 31.0 Å². The zero-order valence-corrected chi connectivity index (χ0v) is 14.6. The number of methoxy groups -OCH3 is 1. The van der Waals surface area contributed by atoms with Crippen LogP contribution in [0.2, 0.25) is 5.02 Å². The summed E-state index contributed by atoms with van der Waals surface area (Å²) in [7, 11) is 3.47. The van der Waals surface area contributed by atoms with Gasteiger partial charge in [-0.25, -0.2) is 4.39 Å². The van der Waals surface area contributed by atoms with Gasteiger partial charge in [-0.3, -0.25) is 9.69 Å². The number of benzene rings is 2. The first-order valence-electron chi connectivity index (χ1n) is 7.50. The Labute approximate surface area is 146 Å². The summed E-state index contributed by atoms with van der Waals surface area (Å²) in [4.78, 5) is 14.3. The standard InChI is InChI=1S/C18H20ClFN2O2/c1-12(18(23)21-17-8-7-14(20)10-16(17)19)22(2)11-13-5-4-6-15(9-13)24-3/h4-10,12H,11H2,1-3H3,(H,21,23)/t12-/m1/s1. The Balaban J connectivity index is 2.01. The molecule has 0 fully saturated rings. The van der Waals surface area contributed by atoms with E-state index < -0.39 is 11.9 Å². The fraction of sp³-hybridized carbons (Fsp3) is 0.278. The Hall–Kier alpha value is -2.11. The molecule has 0 unspecified atom stereocenters. The summed E-state index contributed by atoms with van der Waals surface area (Å²) in [6.07, 6.45) is 0. The number of likely N-dealkylation sites (N-methyl/N-ethyl adjacent to an activating group) is 1. The van der Waals surface area contributed by atoms with E-state index in [9.17, 15) is 9.18 Å². The summed E-state index contributed by atoms with van der Waals surface area (Å²) in [6, 6.07) is 11.2. The van der Waals surface area contributed by atoms with Crippen LogP contribution in [0.15, 0.2) is 42.5 Å². The molecule has 0 spiro atoms. The number of halogens is 2. The fourth-order valence-corrected chi connectivity index (χ4v) is 2.44. The molecule has 2 aromatic rings. The number of hydrogen-bond donors (Lipinski definition) is 1. The van der Waals surface area contributed by atoms with E-state index in [-0.39, 0.29) is 10.9 Å². The van der Waals surface area contributed by atoms with Crippen LogP contribution in [0.25, 0.3) is 0 Å². The molecule has 24 heavy (non-hydrogen) atoms. The van der Waals surface area contributed by atoms with E-state index in [4.69, 9.17) is 16.3 Å². The molecule has 1 amide bonds. The zero-order valence-electron chi connectivity index (χ0n) is 13.8. The van der Waals surface area contributed by atoms with E-state index in [1.807, 2.05) is 36.2 Å². The molecule has 6 heteroatoms. The van der Waals surface area contributed by atoms with Crippen molar-refractivity contribution >= 4 is 23.2 Å². The first kappa shape index (κ1) is 18.2. The minimum atomic E-state index is -0.443. The Morgan fingerprint density at radius 3 is 2.75 bits per heavy atom. The summed E-state index contributed by atoms with van der Waals surface area (Å²) in [5.74, 6) is 0.117. The first-order chi connectivity index (χ1) is 11.4. The molecule has 1 atom stereocenters. The number of rotatable bonds is 6. The number of nitrogens with one attached hydrogen (secondary N) is 1. The lowest BCUT2D eigenvalue weighted by molar-refractivity contribution is -0.120. The molecular formula is C18H20ClFN2O2. The lowest BCUT2D eigenvalue weighted by Crippen LogP contribution is -2.39. The van der Waals surface area contributed by atoms with Gasteiger partial charge in [-0.15, -0.1) is 0 Å². The van der Waals surface area contributed by atoms with Gasteiger partial charge in [-0.2, -0.15) is 0 Å². The highest BCUT2D eigenvalue weighted by Crippen LogP contribution is 2.23. The second-order valence-electron chi connectivity index (χ2n) is 5.56. The summed E-state index contributed by atoms with van der Waals surface area (Å²) < 4.78 is 18.3. The third-order valence-electron chi connectivity index (χ3n) is 3.80. The first-order valence-corrected chi connectivity index (χ1v) is 7.87. The fourth-order valence-electron chi connectivity index (χ4n) is 2.22. The van der Waals surface area contributed by atoms with Crippen molar-refractivity contribution in [1.29, 1.82) is 0 Å². The minimum Gasteiger partial charge on any atom is -0.497 e. The molecule has 1 N–H and O–H groups in total. The van der Waals surface area contributed by atoms with E-state index >= 15 is 0 Å². The third kappa shape index (κ3) is 4.69. The summed E-state index contributed by atoms with van der Waals surface area (Å²) in [5, 5.41) is 2.89. The molecule has 0 aliphatic carbocycles. The number of anilines is 1. The van der Waals surface area contributed by atoms with Gasteiger partial charge in [-0.1, -0.05) is 23.7 Å². The van der Waals surface area contributed by atoms with Crippen molar-refractivity contribution in [2.45, 2.75) is 19.5 Å². The van der Waals surface area contributed by atoms with Crippen LogP contribution < -0.4 is 10.1 Å². The number of carbonyl (C=O) groups excluding carboxylic acids is 1. The van der Waals surface area contributed by atoms with Crippen molar-refractivity contribution in [1.82, 2.24) is 4.90 Å². The Morgan fingerprint density at radius 2 is 2.08 bits per heavy atom. The summed E-state index contributed by atoms with van der Waals surface area (Å²) in [6.45, 7) is 2.38. The highest BCUT2D eigenvalue weighted by atomic mass is 35.5. The Morgan fingerprint density at radius 1 is 1.33 bits per heavy atom. The molecule has 0 radical (unpaired) electrons. The highest BCUT2D eigenvalue weighted by molar-refractivity contribution is 6.33. The Kier molecular flexibility index (Phi) is 6.17. The number of ether oxygens (including phenoxy) is 1. The molecule has 0 aliphatic heterocycles. The van der Waals surface area contributed by atoms with Gasteiger partial charge in [0.2, 0.25) is 5.91 Å². The monoisotopic (exact) mass is 350 g/mol. The van der Waals surface area contributed by atoms with Gasteiger partial charge >= 0.3 is 0 Å². The van der Waals surface area contributed by atoms with Crippen molar-refractivity contribution in [3.05, 3.63) is 58.9 Å². The predicted octanol–water partition coefficient (Wildman–Crippen LogP) is 3.95. The largest absolute Gasteiger partial charge is 0.497 e. The molecule has 2 aromatic carbocycles. The number of amides is 1. The van der Waals surface area contributed by atoms with Crippen LogP contribution in [0.3, 0.4) is 0 Å². The molecule has 0 saturated heterocycles. The second-order valence-corrected chi connectivity index (χ2v) is 5.96. The van der Waals surface area contributed by atoms with Crippen LogP contribution in [0.1, 0.15) is 12.5 Å². The molecule has 0 saturated carbocycles. The van der Waals surface area contributed by atoms with Gasteiger partial charge in [0.15, 0.2) is 0 Å². The molecule has 0 aliphatic rings. The number of carbonyl (C=O) groups is 1.